The van der Waals surface area contributed by atoms with E-state index in [-0.39, 0.29) is 5.69 Å². The van der Waals surface area contributed by atoms with Gasteiger partial charge in [-0.3, -0.25) is 5.10 Å². The number of H-pyrrole nitrogens is 2. The van der Waals surface area contributed by atoms with E-state index in [0.717, 1.165) is 22.0 Å². The summed E-state index contributed by atoms with van der Waals surface area (Å²) in [5.74, 6) is -1.01. The molecule has 2 heterocycles. The number of rotatable bonds is 2. The zero-order chi connectivity index (χ0) is 12.7. The van der Waals surface area contributed by atoms with Crippen molar-refractivity contribution in [1.29, 1.82) is 0 Å². The molecule has 90 valence electrons. The maximum atomic E-state index is 10.8. The molecule has 0 saturated heterocycles. The second kappa shape index (κ2) is 3.73. The van der Waals surface area contributed by atoms with Crippen LogP contribution >= 0.6 is 0 Å². The van der Waals surface area contributed by atoms with Gasteiger partial charge in [-0.25, -0.2) is 4.79 Å². The highest BCUT2D eigenvalue weighted by molar-refractivity contribution is 5.96. The van der Waals surface area contributed by atoms with Gasteiger partial charge in [-0.15, -0.1) is 0 Å². The number of carbonyl (C=O) groups is 1. The van der Waals surface area contributed by atoms with E-state index in [2.05, 4.69) is 21.2 Å². The molecular weight excluding hydrogens is 230 g/mol. The van der Waals surface area contributed by atoms with Crippen molar-refractivity contribution < 1.29 is 9.90 Å². The van der Waals surface area contributed by atoms with Crippen LogP contribution in [0.4, 0.5) is 0 Å². The molecule has 0 aliphatic rings. The van der Waals surface area contributed by atoms with Gasteiger partial charge in [0.1, 0.15) is 5.69 Å². The second-order valence-electron chi connectivity index (χ2n) is 4.22. The fraction of sp³-hybridized carbons (Fsp3) is 0.0769. The van der Waals surface area contributed by atoms with E-state index >= 15 is 0 Å². The lowest BCUT2D eigenvalue weighted by Gasteiger charge is -1.95. The first-order chi connectivity index (χ1) is 8.65. The highest BCUT2D eigenvalue weighted by Gasteiger charge is 2.12. The zero-order valence-corrected chi connectivity index (χ0v) is 9.69. The predicted octanol–water partition coefficient (Wildman–Crippen LogP) is 2.56. The highest BCUT2D eigenvalue weighted by atomic mass is 16.4. The topological polar surface area (TPSA) is 81.8 Å². The van der Waals surface area contributed by atoms with Crippen LogP contribution in [-0.2, 0) is 0 Å². The minimum absolute atomic E-state index is 0.0898. The SMILES string of the molecule is Cc1ccc2[nH]cc(-c3cc(C(=O)O)[nH]n3)c2c1. The number of hydrogen-bond donors (Lipinski definition) is 3. The lowest BCUT2D eigenvalue weighted by atomic mass is 10.1. The van der Waals surface area contributed by atoms with E-state index < -0.39 is 5.97 Å². The standard InChI is InChI=1S/C13H11N3O2/c1-7-2-3-10-8(4-7)9(6-14-10)11-5-12(13(17)18)16-15-11/h2-6,14H,1H3,(H,15,16)(H,17,18). The number of carboxylic acids is 1. The van der Waals surface area contributed by atoms with Crippen molar-refractivity contribution in [3.63, 3.8) is 0 Å². The molecule has 0 amide bonds. The first-order valence-electron chi connectivity index (χ1n) is 5.52. The molecule has 5 nitrogen and oxygen atoms in total. The minimum atomic E-state index is -1.01. The Kier molecular flexibility index (Phi) is 2.19. The van der Waals surface area contributed by atoms with E-state index in [1.807, 2.05) is 25.3 Å². The van der Waals surface area contributed by atoms with Crippen molar-refractivity contribution in [2.45, 2.75) is 6.92 Å². The summed E-state index contributed by atoms with van der Waals surface area (Å²) in [6.45, 7) is 2.02. The Morgan fingerprint density at radius 1 is 1.33 bits per heavy atom. The van der Waals surface area contributed by atoms with Crippen molar-refractivity contribution in [2.24, 2.45) is 0 Å². The summed E-state index contributed by atoms with van der Waals surface area (Å²) in [7, 11) is 0. The average Bonchev–Trinajstić information content (AvgIpc) is 2.93. The van der Waals surface area contributed by atoms with Gasteiger partial charge in [-0.1, -0.05) is 11.6 Å². The number of benzene rings is 1. The number of hydrogen-bond acceptors (Lipinski definition) is 2. The molecule has 0 bridgehead atoms. The van der Waals surface area contributed by atoms with Crippen LogP contribution in [0.5, 0.6) is 0 Å². The van der Waals surface area contributed by atoms with E-state index in [1.165, 1.54) is 6.07 Å². The molecular formula is C13H11N3O2. The third kappa shape index (κ3) is 1.57. The first-order valence-corrected chi connectivity index (χ1v) is 5.52. The van der Waals surface area contributed by atoms with Crippen LogP contribution in [0.15, 0.2) is 30.5 Å². The highest BCUT2D eigenvalue weighted by Crippen LogP contribution is 2.28. The Labute approximate surface area is 102 Å². The van der Waals surface area contributed by atoms with Crippen LogP contribution in [0.2, 0.25) is 0 Å². The normalized spacial score (nSPS) is 10.9. The molecule has 2 aromatic heterocycles. The number of aromatic carboxylic acids is 1. The second-order valence-corrected chi connectivity index (χ2v) is 4.22. The molecule has 3 aromatic rings. The molecule has 3 rings (SSSR count). The van der Waals surface area contributed by atoms with Crippen LogP contribution in [0, 0.1) is 6.92 Å². The molecule has 0 unspecified atom stereocenters. The largest absolute Gasteiger partial charge is 0.477 e. The number of aryl methyl sites for hydroxylation is 1. The monoisotopic (exact) mass is 241 g/mol. The van der Waals surface area contributed by atoms with Crippen LogP contribution in [0.25, 0.3) is 22.2 Å². The number of carboxylic acid groups (broad SMARTS) is 1. The quantitative estimate of drug-likeness (QED) is 0.644. The van der Waals surface area contributed by atoms with Crippen LogP contribution in [0.3, 0.4) is 0 Å². The molecule has 0 aliphatic heterocycles. The van der Waals surface area contributed by atoms with Crippen molar-refractivity contribution in [3.8, 4) is 11.3 Å². The smallest absolute Gasteiger partial charge is 0.353 e. The fourth-order valence-electron chi connectivity index (χ4n) is 2.02. The molecule has 0 atom stereocenters. The van der Waals surface area contributed by atoms with Gasteiger partial charge in [0.15, 0.2) is 0 Å². The Morgan fingerprint density at radius 3 is 2.89 bits per heavy atom. The predicted molar refractivity (Wildman–Crippen MR) is 67.6 cm³/mol. The van der Waals surface area contributed by atoms with Crippen molar-refractivity contribution in [1.82, 2.24) is 15.2 Å². The van der Waals surface area contributed by atoms with Gasteiger partial charge < -0.3 is 10.1 Å². The van der Waals surface area contributed by atoms with Crippen LogP contribution in [0.1, 0.15) is 16.1 Å². The van der Waals surface area contributed by atoms with Gasteiger partial charge in [-0.2, -0.15) is 5.10 Å². The summed E-state index contributed by atoms with van der Waals surface area (Å²) in [5.41, 5.74) is 3.78. The number of nitrogens with zero attached hydrogens (tertiary/aromatic N) is 1. The van der Waals surface area contributed by atoms with Gasteiger partial charge >= 0.3 is 5.97 Å². The van der Waals surface area contributed by atoms with Gasteiger partial charge in [0, 0.05) is 22.7 Å². The maximum Gasteiger partial charge on any atom is 0.353 e. The molecule has 0 spiro atoms. The Morgan fingerprint density at radius 2 is 2.17 bits per heavy atom. The molecule has 0 fully saturated rings. The molecule has 0 radical (unpaired) electrons. The lowest BCUT2D eigenvalue weighted by Crippen LogP contribution is -1.95. The van der Waals surface area contributed by atoms with Crippen LogP contribution in [-0.4, -0.2) is 26.3 Å². The molecule has 5 heteroatoms. The van der Waals surface area contributed by atoms with Gasteiger partial charge in [0.05, 0.1) is 5.69 Å². The third-order valence-electron chi connectivity index (χ3n) is 2.92. The lowest BCUT2D eigenvalue weighted by molar-refractivity contribution is 0.0690. The zero-order valence-electron chi connectivity index (χ0n) is 9.69. The number of nitrogens with one attached hydrogen (secondary N) is 2. The Balaban J connectivity index is 2.18. The van der Waals surface area contributed by atoms with Crippen molar-refractivity contribution >= 4 is 16.9 Å². The van der Waals surface area contributed by atoms with Gasteiger partial charge in [0.25, 0.3) is 0 Å². The van der Waals surface area contributed by atoms with E-state index in [1.54, 1.807) is 0 Å². The number of fused-ring (bicyclic) bond motifs is 1. The van der Waals surface area contributed by atoms with Crippen molar-refractivity contribution in [3.05, 3.63) is 41.7 Å². The fourth-order valence-corrected chi connectivity index (χ4v) is 2.02. The Hall–Kier alpha value is -2.56. The van der Waals surface area contributed by atoms with Crippen LogP contribution < -0.4 is 0 Å². The first kappa shape index (κ1) is 10.6. The third-order valence-corrected chi connectivity index (χ3v) is 2.92. The molecule has 3 N–H and O–H groups in total. The summed E-state index contributed by atoms with van der Waals surface area (Å²) in [6.07, 6.45) is 1.84. The number of aromatic amines is 2. The van der Waals surface area contributed by atoms with E-state index in [4.69, 9.17) is 5.11 Å². The van der Waals surface area contributed by atoms with Crippen molar-refractivity contribution in [2.75, 3.05) is 0 Å². The van der Waals surface area contributed by atoms with Gasteiger partial charge in [0.2, 0.25) is 0 Å². The Bertz CT molecular complexity index is 740. The summed E-state index contributed by atoms with van der Waals surface area (Å²) in [4.78, 5) is 14.0. The summed E-state index contributed by atoms with van der Waals surface area (Å²) in [6, 6.07) is 7.61. The van der Waals surface area contributed by atoms with E-state index in [9.17, 15) is 4.79 Å². The summed E-state index contributed by atoms with van der Waals surface area (Å²) < 4.78 is 0. The number of aromatic nitrogens is 3. The molecule has 0 aliphatic carbocycles. The van der Waals surface area contributed by atoms with Gasteiger partial charge in [-0.05, 0) is 25.1 Å². The molecule has 1 aromatic carbocycles. The van der Waals surface area contributed by atoms with E-state index in [0.29, 0.717) is 5.69 Å². The minimum Gasteiger partial charge on any atom is -0.477 e. The summed E-state index contributed by atoms with van der Waals surface area (Å²) in [5, 5.41) is 16.5. The maximum absolute atomic E-state index is 10.8. The average molecular weight is 241 g/mol. The molecule has 18 heavy (non-hydrogen) atoms. The molecule has 0 saturated carbocycles. The summed E-state index contributed by atoms with van der Waals surface area (Å²) >= 11 is 0.